The number of rotatable bonds is 6. The van der Waals surface area contributed by atoms with Crippen LogP contribution in [0.15, 0.2) is 36.4 Å². The van der Waals surface area contributed by atoms with Crippen molar-refractivity contribution in [1.82, 2.24) is 5.32 Å². The number of esters is 1. The van der Waals surface area contributed by atoms with E-state index in [0.717, 1.165) is 5.56 Å². The zero-order chi connectivity index (χ0) is 20.8. The molecular weight excluding hydrogens is 360 g/mol. The van der Waals surface area contributed by atoms with E-state index in [1.807, 2.05) is 20.8 Å². The quantitative estimate of drug-likeness (QED) is 0.604. The molecule has 150 valence electrons. The van der Waals surface area contributed by atoms with E-state index < -0.39 is 5.97 Å². The van der Waals surface area contributed by atoms with Crippen LogP contribution >= 0.6 is 0 Å². The molecule has 1 N–H and O–H groups in total. The summed E-state index contributed by atoms with van der Waals surface area (Å²) in [5.41, 5.74) is 1.79. The molecule has 0 saturated carbocycles. The number of ether oxygens (including phenoxy) is 3. The number of urea groups is 1. The van der Waals surface area contributed by atoms with Crippen molar-refractivity contribution < 1.29 is 23.8 Å². The summed E-state index contributed by atoms with van der Waals surface area (Å²) in [5, 5.41) is 2.81. The zero-order valence-electron chi connectivity index (χ0n) is 17.0. The largest absolute Gasteiger partial charge is 0.496 e. The van der Waals surface area contributed by atoms with Gasteiger partial charge in [0.2, 0.25) is 0 Å². The van der Waals surface area contributed by atoms with Crippen LogP contribution in [0.1, 0.15) is 29.8 Å². The third-order valence-electron chi connectivity index (χ3n) is 4.14. The SMILES string of the molecule is COc1cc(C(=O)Oc2ccc(N(C)C(=O)NC(C)C)cc2)cc(OC)c1C. The highest BCUT2D eigenvalue weighted by molar-refractivity contribution is 5.93. The molecule has 0 fully saturated rings. The number of nitrogens with zero attached hydrogens (tertiary/aromatic N) is 1. The highest BCUT2D eigenvalue weighted by Gasteiger charge is 2.16. The molecule has 2 rings (SSSR count). The van der Waals surface area contributed by atoms with E-state index in [1.54, 1.807) is 43.4 Å². The maximum Gasteiger partial charge on any atom is 0.343 e. The lowest BCUT2D eigenvalue weighted by atomic mass is 10.1. The predicted molar refractivity (Wildman–Crippen MR) is 108 cm³/mol. The molecule has 0 spiro atoms. The molecule has 0 heterocycles. The lowest BCUT2D eigenvalue weighted by Crippen LogP contribution is -2.40. The first-order valence-electron chi connectivity index (χ1n) is 8.86. The molecule has 0 saturated heterocycles. The minimum atomic E-state index is -0.532. The molecule has 7 nitrogen and oxygen atoms in total. The molecule has 0 atom stereocenters. The second kappa shape index (κ2) is 9.12. The maximum absolute atomic E-state index is 12.5. The van der Waals surface area contributed by atoms with Crippen LogP contribution in [0.25, 0.3) is 0 Å². The highest BCUT2D eigenvalue weighted by Crippen LogP contribution is 2.30. The van der Waals surface area contributed by atoms with Crippen LogP contribution in [0, 0.1) is 6.92 Å². The van der Waals surface area contributed by atoms with Gasteiger partial charge >= 0.3 is 12.0 Å². The van der Waals surface area contributed by atoms with Gasteiger partial charge < -0.3 is 19.5 Å². The first-order valence-corrected chi connectivity index (χ1v) is 8.86. The maximum atomic E-state index is 12.5. The fourth-order valence-corrected chi connectivity index (χ4v) is 2.57. The van der Waals surface area contributed by atoms with E-state index in [1.165, 1.54) is 19.1 Å². The molecule has 0 radical (unpaired) electrons. The van der Waals surface area contributed by atoms with Crippen LogP contribution in [0.4, 0.5) is 10.5 Å². The lowest BCUT2D eigenvalue weighted by molar-refractivity contribution is 0.0734. The van der Waals surface area contributed by atoms with Gasteiger partial charge in [0.15, 0.2) is 0 Å². The van der Waals surface area contributed by atoms with Crippen molar-refractivity contribution in [2.45, 2.75) is 26.8 Å². The van der Waals surface area contributed by atoms with Crippen molar-refractivity contribution in [1.29, 1.82) is 0 Å². The summed E-state index contributed by atoms with van der Waals surface area (Å²) in [6, 6.07) is 9.73. The van der Waals surface area contributed by atoms with E-state index in [0.29, 0.717) is 28.5 Å². The third kappa shape index (κ3) is 4.94. The van der Waals surface area contributed by atoms with Crippen molar-refractivity contribution in [3.63, 3.8) is 0 Å². The predicted octanol–water partition coefficient (Wildman–Crippen LogP) is 3.79. The van der Waals surface area contributed by atoms with Gasteiger partial charge in [-0.25, -0.2) is 9.59 Å². The third-order valence-corrected chi connectivity index (χ3v) is 4.14. The topological polar surface area (TPSA) is 77.1 Å². The number of nitrogens with one attached hydrogen (secondary N) is 1. The molecule has 0 unspecified atom stereocenters. The van der Waals surface area contributed by atoms with Crippen LogP contribution in [-0.4, -0.2) is 39.3 Å². The number of benzene rings is 2. The zero-order valence-corrected chi connectivity index (χ0v) is 17.0. The first-order chi connectivity index (χ1) is 13.3. The van der Waals surface area contributed by atoms with Gasteiger partial charge in [0.1, 0.15) is 17.2 Å². The first kappa shape index (κ1) is 21.1. The Kier molecular flexibility index (Phi) is 6.87. The van der Waals surface area contributed by atoms with Crippen LogP contribution in [0.2, 0.25) is 0 Å². The normalized spacial score (nSPS) is 10.4. The van der Waals surface area contributed by atoms with Crippen molar-refractivity contribution in [2.75, 3.05) is 26.2 Å². The van der Waals surface area contributed by atoms with Crippen molar-refractivity contribution in [2.24, 2.45) is 0 Å². The average Bonchev–Trinajstić information content (AvgIpc) is 2.67. The number of amides is 2. The molecule has 28 heavy (non-hydrogen) atoms. The van der Waals surface area contributed by atoms with Crippen LogP contribution < -0.4 is 24.4 Å². The highest BCUT2D eigenvalue weighted by atomic mass is 16.5. The lowest BCUT2D eigenvalue weighted by Gasteiger charge is -2.20. The molecule has 0 bridgehead atoms. The standard InChI is InChI=1S/C21H26N2O5/c1-13(2)22-21(25)23(4)16-7-9-17(10-8-16)28-20(24)15-11-18(26-5)14(3)19(12-15)27-6/h7-13H,1-6H3,(H,22,25). The molecule has 2 aromatic rings. The van der Waals surface area contributed by atoms with Gasteiger partial charge in [0.25, 0.3) is 0 Å². The Labute approximate surface area is 165 Å². The Bertz CT molecular complexity index is 821. The van der Waals surface area contributed by atoms with Gasteiger partial charge in [0.05, 0.1) is 19.8 Å². The number of hydrogen-bond acceptors (Lipinski definition) is 5. The van der Waals surface area contributed by atoms with E-state index in [4.69, 9.17) is 14.2 Å². The summed E-state index contributed by atoms with van der Waals surface area (Å²) < 4.78 is 16.0. The number of carbonyl (C=O) groups is 2. The molecule has 2 amide bonds. The van der Waals surface area contributed by atoms with Crippen LogP contribution in [-0.2, 0) is 0 Å². The summed E-state index contributed by atoms with van der Waals surface area (Å²) in [5.74, 6) is 0.916. The van der Waals surface area contributed by atoms with Crippen LogP contribution in [0.3, 0.4) is 0 Å². The van der Waals surface area contributed by atoms with E-state index in [9.17, 15) is 9.59 Å². The average molecular weight is 386 g/mol. The molecule has 0 aliphatic heterocycles. The molecule has 0 aliphatic carbocycles. The summed E-state index contributed by atoms with van der Waals surface area (Å²) in [7, 11) is 4.73. The molecule has 0 aromatic heterocycles. The van der Waals surface area contributed by atoms with Crippen molar-refractivity contribution in [3.8, 4) is 17.2 Å². The minimum absolute atomic E-state index is 0.0404. The van der Waals surface area contributed by atoms with Crippen LogP contribution in [0.5, 0.6) is 17.2 Å². The Morgan fingerprint density at radius 1 is 1.00 bits per heavy atom. The molecule has 7 heteroatoms. The van der Waals surface area contributed by atoms with E-state index in [-0.39, 0.29) is 12.1 Å². The fourth-order valence-electron chi connectivity index (χ4n) is 2.57. The number of anilines is 1. The van der Waals surface area contributed by atoms with Gasteiger partial charge in [-0.3, -0.25) is 4.90 Å². The molecule has 0 aliphatic rings. The van der Waals surface area contributed by atoms with Crippen molar-refractivity contribution >= 4 is 17.7 Å². The second-order valence-corrected chi connectivity index (χ2v) is 6.55. The number of methoxy groups -OCH3 is 2. The Morgan fingerprint density at radius 3 is 2.00 bits per heavy atom. The Balaban J connectivity index is 2.14. The molecule has 2 aromatic carbocycles. The summed E-state index contributed by atoms with van der Waals surface area (Å²) >= 11 is 0. The Morgan fingerprint density at radius 2 is 1.54 bits per heavy atom. The van der Waals surface area contributed by atoms with Gasteiger partial charge in [-0.2, -0.15) is 0 Å². The van der Waals surface area contributed by atoms with E-state index >= 15 is 0 Å². The van der Waals surface area contributed by atoms with Gasteiger partial charge in [0, 0.05) is 24.3 Å². The number of carbonyl (C=O) groups excluding carboxylic acids is 2. The van der Waals surface area contributed by atoms with Gasteiger partial charge in [-0.15, -0.1) is 0 Å². The Hall–Kier alpha value is -3.22. The summed E-state index contributed by atoms with van der Waals surface area (Å²) in [6.07, 6.45) is 0. The summed E-state index contributed by atoms with van der Waals surface area (Å²) in [4.78, 5) is 26.0. The van der Waals surface area contributed by atoms with Gasteiger partial charge in [-0.1, -0.05) is 0 Å². The monoisotopic (exact) mass is 386 g/mol. The van der Waals surface area contributed by atoms with Gasteiger partial charge in [-0.05, 0) is 57.2 Å². The minimum Gasteiger partial charge on any atom is -0.496 e. The molecular formula is C21H26N2O5. The second-order valence-electron chi connectivity index (χ2n) is 6.55. The van der Waals surface area contributed by atoms with E-state index in [2.05, 4.69) is 5.32 Å². The van der Waals surface area contributed by atoms with Crippen molar-refractivity contribution in [3.05, 3.63) is 47.5 Å². The fraction of sp³-hybridized carbons (Fsp3) is 0.333. The number of hydrogen-bond donors (Lipinski definition) is 1. The smallest absolute Gasteiger partial charge is 0.343 e. The summed E-state index contributed by atoms with van der Waals surface area (Å²) in [6.45, 7) is 5.63.